The van der Waals surface area contributed by atoms with Crippen molar-refractivity contribution in [1.82, 2.24) is 4.31 Å². The minimum absolute atomic E-state index is 0.0303. The van der Waals surface area contributed by atoms with Crippen LogP contribution >= 0.6 is 0 Å². The second kappa shape index (κ2) is 5.79. The predicted octanol–water partition coefficient (Wildman–Crippen LogP) is 1.57. The molecule has 0 unspecified atom stereocenters. The van der Waals surface area contributed by atoms with Crippen LogP contribution in [-0.2, 0) is 20.6 Å². The molecule has 19 heavy (non-hydrogen) atoms. The molecule has 1 aromatic carbocycles. The second-order valence-electron chi connectivity index (χ2n) is 4.76. The van der Waals surface area contributed by atoms with E-state index in [1.807, 2.05) is 0 Å². The molecule has 1 aromatic rings. The molecule has 0 bridgehead atoms. The van der Waals surface area contributed by atoms with Gasteiger partial charge in [-0.1, -0.05) is 12.1 Å². The van der Waals surface area contributed by atoms with E-state index in [9.17, 15) is 17.6 Å². The van der Waals surface area contributed by atoms with Gasteiger partial charge in [0.25, 0.3) is 0 Å². The van der Waals surface area contributed by atoms with Gasteiger partial charge in [0.15, 0.2) is 0 Å². The lowest BCUT2D eigenvalue weighted by atomic mass is 10.0. The van der Waals surface area contributed by atoms with Gasteiger partial charge in [0, 0.05) is 19.0 Å². The molecule has 0 aliphatic carbocycles. The number of halogens is 1. The average Bonchev–Trinajstić information content (AvgIpc) is 2.41. The lowest BCUT2D eigenvalue weighted by molar-refractivity contribution is -0.112. The first-order valence-electron chi connectivity index (χ1n) is 6.19. The molecule has 6 heteroatoms. The summed E-state index contributed by atoms with van der Waals surface area (Å²) >= 11 is 0. The van der Waals surface area contributed by atoms with Crippen LogP contribution in [0, 0.1) is 11.7 Å². The van der Waals surface area contributed by atoms with Gasteiger partial charge in [-0.25, -0.2) is 17.1 Å². The first kappa shape index (κ1) is 14.1. The van der Waals surface area contributed by atoms with E-state index >= 15 is 0 Å². The SMILES string of the molecule is O=CC1CCN(S(=O)(=O)Cc2ccc(F)cc2)CC1. The molecule has 0 spiro atoms. The summed E-state index contributed by atoms with van der Waals surface area (Å²) in [6.07, 6.45) is 2.04. The van der Waals surface area contributed by atoms with Gasteiger partial charge in [-0.2, -0.15) is 0 Å². The van der Waals surface area contributed by atoms with Crippen molar-refractivity contribution in [2.45, 2.75) is 18.6 Å². The largest absolute Gasteiger partial charge is 0.303 e. The number of carbonyl (C=O) groups is 1. The minimum atomic E-state index is -3.39. The third-order valence-electron chi connectivity index (χ3n) is 3.35. The van der Waals surface area contributed by atoms with Gasteiger partial charge < -0.3 is 4.79 Å². The molecular formula is C13H16FNO3S. The monoisotopic (exact) mass is 285 g/mol. The number of hydrogen-bond acceptors (Lipinski definition) is 3. The molecule has 1 saturated heterocycles. The van der Waals surface area contributed by atoms with Crippen LogP contribution in [0.4, 0.5) is 4.39 Å². The van der Waals surface area contributed by atoms with Crippen LogP contribution in [0.5, 0.6) is 0 Å². The predicted molar refractivity (Wildman–Crippen MR) is 69.4 cm³/mol. The quantitative estimate of drug-likeness (QED) is 0.789. The van der Waals surface area contributed by atoms with Crippen LogP contribution in [-0.4, -0.2) is 32.1 Å². The molecule has 104 valence electrons. The highest BCUT2D eigenvalue weighted by Crippen LogP contribution is 2.20. The number of nitrogens with zero attached hydrogens (tertiary/aromatic N) is 1. The Morgan fingerprint density at radius 1 is 1.21 bits per heavy atom. The average molecular weight is 285 g/mol. The van der Waals surface area contributed by atoms with Gasteiger partial charge in [0.1, 0.15) is 12.1 Å². The van der Waals surface area contributed by atoms with Crippen molar-refractivity contribution < 1.29 is 17.6 Å². The zero-order valence-electron chi connectivity index (χ0n) is 10.5. The Bertz CT molecular complexity index is 534. The fourth-order valence-electron chi connectivity index (χ4n) is 2.17. The van der Waals surface area contributed by atoms with Crippen molar-refractivity contribution in [2.75, 3.05) is 13.1 Å². The summed E-state index contributed by atoms with van der Waals surface area (Å²) in [5.74, 6) is -0.538. The number of sulfonamides is 1. The molecule has 0 saturated carbocycles. The Labute approximate surface area is 112 Å². The summed E-state index contributed by atoms with van der Waals surface area (Å²) in [6, 6.07) is 5.46. The smallest absolute Gasteiger partial charge is 0.218 e. The highest BCUT2D eigenvalue weighted by Gasteiger charge is 2.27. The summed E-state index contributed by atoms with van der Waals surface area (Å²) in [5.41, 5.74) is 0.568. The van der Waals surface area contributed by atoms with Crippen LogP contribution in [0.2, 0.25) is 0 Å². The summed E-state index contributed by atoms with van der Waals surface area (Å²) in [7, 11) is -3.39. The van der Waals surface area contributed by atoms with E-state index in [0.717, 1.165) is 6.29 Å². The number of piperidine rings is 1. The van der Waals surface area contributed by atoms with Crippen molar-refractivity contribution in [3.05, 3.63) is 35.6 Å². The molecule has 1 heterocycles. The lowest BCUT2D eigenvalue weighted by Crippen LogP contribution is -2.39. The van der Waals surface area contributed by atoms with E-state index < -0.39 is 10.0 Å². The molecule has 0 aromatic heterocycles. The second-order valence-corrected chi connectivity index (χ2v) is 6.72. The van der Waals surface area contributed by atoms with Gasteiger partial charge in [-0.05, 0) is 30.5 Å². The molecule has 1 aliphatic heterocycles. The van der Waals surface area contributed by atoms with Gasteiger partial charge in [-0.15, -0.1) is 0 Å². The van der Waals surface area contributed by atoms with Crippen molar-refractivity contribution in [2.24, 2.45) is 5.92 Å². The van der Waals surface area contributed by atoms with E-state index in [4.69, 9.17) is 0 Å². The third-order valence-corrected chi connectivity index (χ3v) is 5.20. The Kier molecular flexibility index (Phi) is 4.31. The summed E-state index contributed by atoms with van der Waals surface area (Å²) in [4.78, 5) is 10.6. The van der Waals surface area contributed by atoms with Crippen LogP contribution in [0.1, 0.15) is 18.4 Å². The minimum Gasteiger partial charge on any atom is -0.303 e. The van der Waals surface area contributed by atoms with E-state index in [1.165, 1.54) is 28.6 Å². The van der Waals surface area contributed by atoms with Gasteiger partial charge in [0.05, 0.1) is 5.75 Å². The van der Waals surface area contributed by atoms with E-state index in [2.05, 4.69) is 0 Å². The zero-order valence-corrected chi connectivity index (χ0v) is 11.3. The zero-order chi connectivity index (χ0) is 13.9. The normalized spacial score (nSPS) is 18.4. The Morgan fingerprint density at radius 3 is 2.32 bits per heavy atom. The van der Waals surface area contributed by atoms with Crippen LogP contribution < -0.4 is 0 Å². The van der Waals surface area contributed by atoms with Crippen molar-refractivity contribution in [3.8, 4) is 0 Å². The van der Waals surface area contributed by atoms with Gasteiger partial charge in [-0.3, -0.25) is 0 Å². The fraction of sp³-hybridized carbons (Fsp3) is 0.462. The van der Waals surface area contributed by atoms with Crippen LogP contribution in [0.25, 0.3) is 0 Å². The number of aldehydes is 1. The maximum atomic E-state index is 12.8. The number of carbonyl (C=O) groups excluding carboxylic acids is 1. The van der Waals surface area contributed by atoms with Crippen LogP contribution in [0.3, 0.4) is 0 Å². The number of rotatable bonds is 4. The molecule has 1 aliphatic rings. The van der Waals surface area contributed by atoms with Crippen LogP contribution in [0.15, 0.2) is 24.3 Å². The lowest BCUT2D eigenvalue weighted by Gasteiger charge is -2.28. The summed E-state index contributed by atoms with van der Waals surface area (Å²) in [5, 5.41) is 0. The molecule has 0 N–H and O–H groups in total. The van der Waals surface area contributed by atoms with Crippen molar-refractivity contribution >= 4 is 16.3 Å². The van der Waals surface area contributed by atoms with E-state index in [-0.39, 0.29) is 17.5 Å². The van der Waals surface area contributed by atoms with E-state index in [0.29, 0.717) is 31.5 Å². The molecule has 1 fully saturated rings. The fourth-order valence-corrected chi connectivity index (χ4v) is 3.74. The maximum Gasteiger partial charge on any atom is 0.218 e. The standard InChI is InChI=1S/C13H16FNO3S/c14-13-3-1-12(2-4-13)10-19(17,18)15-7-5-11(9-16)6-8-15/h1-4,9,11H,5-8,10H2. The Morgan fingerprint density at radius 2 is 1.79 bits per heavy atom. The van der Waals surface area contributed by atoms with Crippen molar-refractivity contribution in [3.63, 3.8) is 0 Å². The highest BCUT2D eigenvalue weighted by atomic mass is 32.2. The summed E-state index contributed by atoms with van der Waals surface area (Å²) in [6.45, 7) is 0.764. The Hall–Kier alpha value is -1.27. The Balaban J connectivity index is 2.02. The topological polar surface area (TPSA) is 54.5 Å². The van der Waals surface area contributed by atoms with E-state index in [1.54, 1.807) is 0 Å². The molecule has 0 atom stereocenters. The summed E-state index contributed by atoms with van der Waals surface area (Å²) < 4.78 is 38.5. The first-order chi connectivity index (χ1) is 9.01. The highest BCUT2D eigenvalue weighted by molar-refractivity contribution is 7.88. The third kappa shape index (κ3) is 3.61. The number of hydrogen-bond donors (Lipinski definition) is 0. The van der Waals surface area contributed by atoms with Gasteiger partial charge in [0.2, 0.25) is 10.0 Å². The van der Waals surface area contributed by atoms with Crippen molar-refractivity contribution in [1.29, 1.82) is 0 Å². The molecular weight excluding hydrogens is 269 g/mol. The number of benzene rings is 1. The molecule has 2 rings (SSSR count). The van der Waals surface area contributed by atoms with Gasteiger partial charge >= 0.3 is 0 Å². The first-order valence-corrected chi connectivity index (χ1v) is 7.80. The molecule has 4 nitrogen and oxygen atoms in total. The maximum absolute atomic E-state index is 12.8. The molecule has 0 radical (unpaired) electrons. The molecule has 0 amide bonds.